The largest absolute Gasteiger partial charge is 0.478 e. The molecular weight excluding hydrogens is 242 g/mol. The molecule has 0 radical (unpaired) electrons. The molecule has 5 nitrogen and oxygen atoms in total. The van der Waals surface area contributed by atoms with Gasteiger partial charge < -0.3 is 10.0 Å². The Bertz CT molecular complexity index is 612. The van der Waals surface area contributed by atoms with E-state index in [9.17, 15) is 4.79 Å². The summed E-state index contributed by atoms with van der Waals surface area (Å²) in [6.07, 6.45) is 4.62. The van der Waals surface area contributed by atoms with Crippen molar-refractivity contribution < 1.29 is 9.90 Å². The van der Waals surface area contributed by atoms with Gasteiger partial charge in [0, 0.05) is 25.4 Å². The van der Waals surface area contributed by atoms with Crippen molar-refractivity contribution in [3.05, 3.63) is 36.2 Å². The van der Waals surface area contributed by atoms with Gasteiger partial charge in [-0.25, -0.2) is 9.78 Å². The lowest BCUT2D eigenvalue weighted by Crippen LogP contribution is -2.23. The third kappa shape index (κ3) is 2.59. The van der Waals surface area contributed by atoms with Crippen LogP contribution in [0.4, 0.5) is 5.82 Å². The molecule has 0 aliphatic carbocycles. The van der Waals surface area contributed by atoms with E-state index in [1.807, 2.05) is 28.8 Å². The van der Waals surface area contributed by atoms with Crippen molar-refractivity contribution in [1.82, 2.24) is 9.38 Å². The third-order valence-electron chi connectivity index (χ3n) is 2.99. The highest BCUT2D eigenvalue weighted by molar-refractivity contribution is 5.86. The molecule has 0 unspecified atom stereocenters. The fraction of sp³-hybridized carbons (Fsp3) is 0.286. The molecule has 0 aromatic carbocycles. The molecule has 0 saturated carbocycles. The second-order valence-corrected chi connectivity index (χ2v) is 4.09. The molecule has 2 aromatic rings. The van der Waals surface area contributed by atoms with Crippen LogP contribution in [0.5, 0.6) is 0 Å². The van der Waals surface area contributed by atoms with Crippen molar-refractivity contribution in [3.63, 3.8) is 0 Å². The van der Waals surface area contributed by atoms with E-state index in [0.29, 0.717) is 0 Å². The fourth-order valence-corrected chi connectivity index (χ4v) is 2.06. The minimum Gasteiger partial charge on any atom is -0.478 e. The van der Waals surface area contributed by atoms with Crippen LogP contribution in [-0.2, 0) is 4.79 Å². The van der Waals surface area contributed by atoms with Crippen molar-refractivity contribution in [2.24, 2.45) is 0 Å². The Morgan fingerprint density at radius 3 is 2.79 bits per heavy atom. The highest BCUT2D eigenvalue weighted by Gasteiger charge is 2.14. The molecule has 0 aliphatic rings. The standard InChI is InChI=1S/C14H17N3O2/c1-3-16(4-2)14-11(8-9-13(18)19)17-10-6-5-7-12(17)15-14/h5-10H,3-4H2,1-2H3,(H,18,19)/b9-8+. The summed E-state index contributed by atoms with van der Waals surface area (Å²) < 4.78 is 1.90. The molecule has 2 aromatic heterocycles. The summed E-state index contributed by atoms with van der Waals surface area (Å²) in [5, 5.41) is 8.80. The number of fused-ring (bicyclic) bond motifs is 1. The van der Waals surface area contributed by atoms with Crippen molar-refractivity contribution >= 4 is 23.5 Å². The van der Waals surface area contributed by atoms with Crippen LogP contribution in [-0.4, -0.2) is 33.6 Å². The van der Waals surface area contributed by atoms with Gasteiger partial charge in [0.25, 0.3) is 0 Å². The number of carbonyl (C=O) groups is 1. The minimum atomic E-state index is -0.962. The Morgan fingerprint density at radius 1 is 1.42 bits per heavy atom. The van der Waals surface area contributed by atoms with Crippen LogP contribution in [0.1, 0.15) is 19.5 Å². The van der Waals surface area contributed by atoms with Gasteiger partial charge in [0.2, 0.25) is 0 Å². The lowest BCUT2D eigenvalue weighted by Gasteiger charge is -2.18. The number of rotatable bonds is 5. The Balaban J connectivity index is 2.61. The number of hydrogen-bond donors (Lipinski definition) is 1. The zero-order chi connectivity index (χ0) is 13.8. The van der Waals surface area contributed by atoms with Gasteiger partial charge in [-0.15, -0.1) is 0 Å². The first-order valence-corrected chi connectivity index (χ1v) is 6.30. The second-order valence-electron chi connectivity index (χ2n) is 4.09. The van der Waals surface area contributed by atoms with Crippen molar-refractivity contribution in [1.29, 1.82) is 0 Å². The van der Waals surface area contributed by atoms with E-state index in [-0.39, 0.29) is 0 Å². The van der Waals surface area contributed by atoms with Crippen molar-refractivity contribution in [2.45, 2.75) is 13.8 Å². The first kappa shape index (κ1) is 13.1. The van der Waals surface area contributed by atoms with Crippen LogP contribution in [0.2, 0.25) is 0 Å². The van der Waals surface area contributed by atoms with E-state index < -0.39 is 5.97 Å². The second kappa shape index (κ2) is 5.56. The lowest BCUT2D eigenvalue weighted by atomic mass is 10.3. The van der Waals surface area contributed by atoms with Crippen LogP contribution in [0.15, 0.2) is 30.5 Å². The summed E-state index contributed by atoms with van der Waals surface area (Å²) in [7, 11) is 0. The smallest absolute Gasteiger partial charge is 0.328 e. The molecule has 0 atom stereocenters. The monoisotopic (exact) mass is 259 g/mol. The average molecular weight is 259 g/mol. The van der Waals surface area contributed by atoms with E-state index in [2.05, 4.69) is 23.7 Å². The van der Waals surface area contributed by atoms with Crippen molar-refractivity contribution in [2.75, 3.05) is 18.0 Å². The highest BCUT2D eigenvalue weighted by atomic mass is 16.4. The molecule has 0 amide bonds. The van der Waals surface area contributed by atoms with Gasteiger partial charge in [-0.3, -0.25) is 4.40 Å². The molecule has 2 rings (SSSR count). The van der Waals surface area contributed by atoms with E-state index in [1.54, 1.807) is 6.08 Å². The summed E-state index contributed by atoms with van der Waals surface area (Å²) in [5.74, 6) is -0.148. The summed E-state index contributed by atoms with van der Waals surface area (Å²) >= 11 is 0. The maximum Gasteiger partial charge on any atom is 0.328 e. The van der Waals surface area contributed by atoms with E-state index in [4.69, 9.17) is 5.11 Å². The Hall–Kier alpha value is -2.30. The Labute approximate surface area is 111 Å². The first-order chi connectivity index (χ1) is 9.17. The zero-order valence-electron chi connectivity index (χ0n) is 11.1. The molecule has 5 heteroatoms. The van der Waals surface area contributed by atoms with Gasteiger partial charge in [-0.05, 0) is 32.1 Å². The number of nitrogens with zero attached hydrogens (tertiary/aromatic N) is 3. The van der Waals surface area contributed by atoms with Crippen LogP contribution in [0.25, 0.3) is 11.7 Å². The van der Waals surface area contributed by atoms with Gasteiger partial charge in [0.1, 0.15) is 5.65 Å². The van der Waals surface area contributed by atoms with Crippen LogP contribution < -0.4 is 4.90 Å². The number of anilines is 1. The fourth-order valence-electron chi connectivity index (χ4n) is 2.06. The first-order valence-electron chi connectivity index (χ1n) is 6.30. The predicted molar refractivity (Wildman–Crippen MR) is 75.4 cm³/mol. The number of aliphatic carboxylic acids is 1. The number of carboxylic acids is 1. The van der Waals surface area contributed by atoms with Crippen LogP contribution >= 0.6 is 0 Å². The van der Waals surface area contributed by atoms with Gasteiger partial charge in [0.15, 0.2) is 5.82 Å². The molecule has 2 heterocycles. The van der Waals surface area contributed by atoms with Gasteiger partial charge >= 0.3 is 5.97 Å². The molecular formula is C14H17N3O2. The SMILES string of the molecule is CCN(CC)c1nc2ccccn2c1/C=C/C(=O)O. The zero-order valence-corrected chi connectivity index (χ0v) is 11.1. The molecule has 0 fully saturated rings. The predicted octanol–water partition coefficient (Wildman–Crippen LogP) is 2.28. The average Bonchev–Trinajstić information content (AvgIpc) is 2.76. The molecule has 0 spiro atoms. The summed E-state index contributed by atoms with van der Waals surface area (Å²) in [4.78, 5) is 17.4. The minimum absolute atomic E-state index is 0.793. The third-order valence-corrected chi connectivity index (χ3v) is 2.99. The Morgan fingerprint density at radius 2 is 2.16 bits per heavy atom. The number of imidazole rings is 1. The molecule has 0 saturated heterocycles. The topological polar surface area (TPSA) is 57.8 Å². The van der Waals surface area contributed by atoms with E-state index in [1.165, 1.54) is 0 Å². The lowest BCUT2D eigenvalue weighted by molar-refractivity contribution is -0.131. The van der Waals surface area contributed by atoms with E-state index in [0.717, 1.165) is 36.3 Å². The molecule has 0 bridgehead atoms. The molecule has 0 aliphatic heterocycles. The number of hydrogen-bond acceptors (Lipinski definition) is 3. The van der Waals surface area contributed by atoms with Gasteiger partial charge in [-0.2, -0.15) is 0 Å². The van der Waals surface area contributed by atoms with Crippen LogP contribution in [0, 0.1) is 0 Å². The van der Waals surface area contributed by atoms with Crippen molar-refractivity contribution in [3.8, 4) is 0 Å². The summed E-state index contributed by atoms with van der Waals surface area (Å²) in [5.41, 5.74) is 1.61. The number of pyridine rings is 1. The van der Waals surface area contributed by atoms with Crippen LogP contribution in [0.3, 0.4) is 0 Å². The number of carboxylic acid groups (broad SMARTS) is 1. The summed E-state index contributed by atoms with van der Waals surface area (Å²) in [6, 6.07) is 5.73. The highest BCUT2D eigenvalue weighted by Crippen LogP contribution is 2.22. The van der Waals surface area contributed by atoms with E-state index >= 15 is 0 Å². The number of aromatic nitrogens is 2. The summed E-state index contributed by atoms with van der Waals surface area (Å²) in [6.45, 7) is 5.76. The Kier molecular flexibility index (Phi) is 3.85. The molecule has 1 N–H and O–H groups in total. The molecule has 100 valence electrons. The maximum absolute atomic E-state index is 10.7. The van der Waals surface area contributed by atoms with Gasteiger partial charge in [0.05, 0.1) is 5.69 Å². The maximum atomic E-state index is 10.7. The molecule has 19 heavy (non-hydrogen) atoms. The quantitative estimate of drug-likeness (QED) is 0.837. The normalized spacial score (nSPS) is 11.3. The van der Waals surface area contributed by atoms with Gasteiger partial charge in [-0.1, -0.05) is 6.07 Å².